The molecule has 1 N–H and O–H groups in total. The van der Waals surface area contributed by atoms with Gasteiger partial charge in [0.1, 0.15) is 10.9 Å². The number of amides is 2. The molecule has 1 aliphatic heterocycles. The number of hydrogen-bond donors (Lipinski definition) is 1. The van der Waals surface area contributed by atoms with E-state index in [4.69, 9.17) is 0 Å². The van der Waals surface area contributed by atoms with Crippen molar-refractivity contribution in [1.82, 2.24) is 15.2 Å². The third-order valence-electron chi connectivity index (χ3n) is 8.46. The Balaban J connectivity index is 1.62. The first-order valence-electron chi connectivity index (χ1n) is 13.3. The molecule has 228 valence electrons. The van der Waals surface area contributed by atoms with Gasteiger partial charge in [-0.3, -0.25) is 24.4 Å². The highest BCUT2D eigenvalue weighted by atomic mass is 32.5. The number of likely N-dealkylation sites (tertiary alicyclic amines) is 1. The fourth-order valence-electron chi connectivity index (χ4n) is 6.00. The molecule has 7 nitrogen and oxygen atoms in total. The number of fused-ring (bicyclic) bond motifs is 1. The molecule has 2 amide bonds. The van der Waals surface area contributed by atoms with Crippen molar-refractivity contribution in [2.24, 2.45) is 11.8 Å². The predicted octanol–water partition coefficient (Wildman–Crippen LogP) is 6.48. The van der Waals surface area contributed by atoms with Crippen LogP contribution in [0.15, 0.2) is 53.7 Å². The minimum Gasteiger partial charge on any atom is -0.351 e. The molecule has 1 saturated heterocycles. The number of aromatic nitrogens is 1. The van der Waals surface area contributed by atoms with Crippen molar-refractivity contribution in [1.29, 1.82) is 5.26 Å². The van der Waals surface area contributed by atoms with Crippen LogP contribution in [0.2, 0.25) is 0 Å². The Labute approximate surface area is 237 Å². The monoisotopic (exact) mass is 619 g/mol. The van der Waals surface area contributed by atoms with E-state index in [-0.39, 0.29) is 54.6 Å². The summed E-state index contributed by atoms with van der Waals surface area (Å²) >= 11 is 0. The SMILES string of the molecule is CC(C(=O)NC1CCC(F)(F)CC1)(c1cccnc1)N(C(=O)[C@H]1[C@@H]2C[C@@H]2CN1C#N)c1ccc(S(F)(F)(F)(F)F)cc1. The van der Waals surface area contributed by atoms with Crippen LogP contribution in [0.4, 0.5) is 33.9 Å². The molecular weight excluding hydrogens is 591 g/mol. The Bertz CT molecular complexity index is 1430. The number of anilines is 1. The van der Waals surface area contributed by atoms with Crippen molar-refractivity contribution < 1.29 is 37.8 Å². The van der Waals surface area contributed by atoms with Gasteiger partial charge in [0.05, 0.1) is 0 Å². The summed E-state index contributed by atoms with van der Waals surface area (Å²) in [5.74, 6) is -4.71. The number of carbonyl (C=O) groups is 2. The van der Waals surface area contributed by atoms with E-state index < -0.39 is 63.3 Å². The van der Waals surface area contributed by atoms with Crippen LogP contribution in [0.3, 0.4) is 0 Å². The van der Waals surface area contributed by atoms with Gasteiger partial charge in [0.2, 0.25) is 5.92 Å². The van der Waals surface area contributed by atoms with Gasteiger partial charge in [-0.15, -0.1) is 0 Å². The third kappa shape index (κ3) is 5.60. The van der Waals surface area contributed by atoms with Gasteiger partial charge >= 0.3 is 10.2 Å². The molecule has 0 radical (unpaired) electrons. The highest BCUT2D eigenvalue weighted by Crippen LogP contribution is 3.02. The molecule has 1 aromatic carbocycles. The van der Waals surface area contributed by atoms with Crippen LogP contribution in [0.25, 0.3) is 0 Å². The fraction of sp³-hybridized carbons (Fsp3) is 0.481. The van der Waals surface area contributed by atoms with Gasteiger partial charge in [0, 0.05) is 49.1 Å². The molecule has 2 saturated carbocycles. The maximum Gasteiger partial charge on any atom is 0.310 e. The van der Waals surface area contributed by atoms with E-state index in [0.29, 0.717) is 18.6 Å². The van der Waals surface area contributed by atoms with Crippen molar-refractivity contribution in [3.8, 4) is 6.19 Å². The number of carbonyl (C=O) groups excluding carboxylic acids is 2. The number of alkyl halides is 2. The number of hydrogen-bond acceptors (Lipinski definition) is 5. The van der Waals surface area contributed by atoms with Gasteiger partial charge in [-0.1, -0.05) is 25.5 Å². The number of halogens is 7. The summed E-state index contributed by atoms with van der Waals surface area (Å²) in [6, 6.07) is 2.87. The quantitative estimate of drug-likeness (QED) is 0.283. The molecule has 2 heterocycles. The Kier molecular flexibility index (Phi) is 6.58. The van der Waals surface area contributed by atoms with Crippen LogP contribution in [0, 0.1) is 23.3 Å². The first-order valence-corrected chi connectivity index (χ1v) is 15.2. The molecule has 0 spiro atoms. The second-order valence-corrected chi connectivity index (χ2v) is 13.8. The number of piperidine rings is 1. The molecule has 4 atom stereocenters. The summed E-state index contributed by atoms with van der Waals surface area (Å²) in [4.78, 5) is 32.4. The third-order valence-corrected chi connectivity index (χ3v) is 9.62. The Morgan fingerprint density at radius 1 is 1.12 bits per heavy atom. The van der Waals surface area contributed by atoms with Crippen LogP contribution in [0.5, 0.6) is 0 Å². The topological polar surface area (TPSA) is 89.3 Å². The number of nitrogens with one attached hydrogen (secondary N) is 1. The smallest absolute Gasteiger partial charge is 0.310 e. The number of nitrogens with zero attached hydrogens (tertiary/aromatic N) is 4. The van der Waals surface area contributed by atoms with E-state index in [2.05, 4.69) is 10.3 Å². The van der Waals surface area contributed by atoms with Gasteiger partial charge in [-0.05, 0) is 68.4 Å². The lowest BCUT2D eigenvalue weighted by Gasteiger charge is -2.44. The summed E-state index contributed by atoms with van der Waals surface area (Å²) in [5, 5.41) is 12.4. The molecule has 1 aromatic heterocycles. The molecule has 2 aliphatic carbocycles. The van der Waals surface area contributed by atoms with Crippen molar-refractivity contribution in [3.63, 3.8) is 0 Å². The number of benzene rings is 1. The highest BCUT2D eigenvalue weighted by Gasteiger charge is 2.65. The summed E-state index contributed by atoms with van der Waals surface area (Å²) < 4.78 is 95.2. The van der Waals surface area contributed by atoms with Crippen LogP contribution in [-0.4, -0.2) is 46.2 Å². The molecule has 3 aliphatic rings. The van der Waals surface area contributed by atoms with E-state index in [1.54, 1.807) is 0 Å². The average Bonchev–Trinajstić information content (AvgIpc) is 3.58. The lowest BCUT2D eigenvalue weighted by atomic mass is 9.86. The number of nitriles is 1. The van der Waals surface area contributed by atoms with E-state index in [1.807, 2.05) is 6.19 Å². The highest BCUT2D eigenvalue weighted by molar-refractivity contribution is 8.45. The molecule has 1 unspecified atom stereocenters. The molecule has 3 fully saturated rings. The lowest BCUT2D eigenvalue weighted by molar-refractivity contribution is -0.133. The molecule has 42 heavy (non-hydrogen) atoms. The summed E-state index contributed by atoms with van der Waals surface area (Å²) in [6.45, 7) is 1.60. The van der Waals surface area contributed by atoms with Crippen LogP contribution in [-0.2, 0) is 15.1 Å². The normalized spacial score (nSPS) is 26.5. The van der Waals surface area contributed by atoms with E-state index in [1.165, 1.54) is 36.4 Å². The van der Waals surface area contributed by atoms with Gasteiger partial charge < -0.3 is 5.32 Å². The summed E-state index contributed by atoms with van der Waals surface area (Å²) in [5.41, 5.74) is -2.21. The maximum absolute atomic E-state index is 14.3. The van der Waals surface area contributed by atoms with Crippen molar-refractivity contribution in [2.75, 3.05) is 11.4 Å². The largest absolute Gasteiger partial charge is 0.351 e. The maximum atomic E-state index is 14.3. The Morgan fingerprint density at radius 3 is 2.31 bits per heavy atom. The van der Waals surface area contributed by atoms with Crippen molar-refractivity contribution >= 4 is 27.7 Å². The number of pyridine rings is 1. The van der Waals surface area contributed by atoms with Gasteiger partial charge in [0.15, 0.2) is 11.7 Å². The second-order valence-electron chi connectivity index (χ2n) is 11.4. The van der Waals surface area contributed by atoms with Crippen LogP contribution < -0.4 is 10.2 Å². The van der Waals surface area contributed by atoms with E-state index >= 15 is 0 Å². The van der Waals surface area contributed by atoms with E-state index in [0.717, 1.165) is 4.90 Å². The first kappa shape index (κ1) is 29.9. The average molecular weight is 620 g/mol. The standard InChI is InChI=1S/C27H28F7N5O2S/c1-26(18-3-2-12-36-14-18,25(41)37-19-8-10-27(28,29)11-9-19)39(24(40)23-22-13-17(22)15-38(23)16-35)20-4-6-21(7-5-20)42(30,31,32,33)34/h2-7,12,14,17,19,22-23H,8-11,13,15H2,1H3,(H,37,41)/t17-,22-,23-,26?/m1/s1. The van der Waals surface area contributed by atoms with E-state index in [9.17, 15) is 43.1 Å². The lowest BCUT2D eigenvalue weighted by Crippen LogP contribution is -2.62. The van der Waals surface area contributed by atoms with Crippen molar-refractivity contribution in [2.45, 2.75) is 67.5 Å². The molecule has 15 heteroatoms. The molecule has 5 rings (SSSR count). The minimum absolute atomic E-state index is 0.0401. The van der Waals surface area contributed by atoms with Crippen LogP contribution in [0.1, 0.15) is 44.6 Å². The van der Waals surface area contributed by atoms with Gasteiger partial charge in [-0.25, -0.2) is 8.78 Å². The van der Waals surface area contributed by atoms with Crippen molar-refractivity contribution in [3.05, 3.63) is 54.4 Å². The summed E-state index contributed by atoms with van der Waals surface area (Å²) in [7, 11) is -10.1. The number of rotatable bonds is 7. The fourth-order valence-corrected chi connectivity index (χ4v) is 6.65. The predicted molar refractivity (Wildman–Crippen MR) is 140 cm³/mol. The Hall–Kier alpha value is -3.54. The zero-order valence-electron chi connectivity index (χ0n) is 22.3. The first-order chi connectivity index (χ1) is 19.3. The molecule has 2 aromatic rings. The van der Waals surface area contributed by atoms with Gasteiger partial charge in [0.25, 0.3) is 11.8 Å². The summed E-state index contributed by atoms with van der Waals surface area (Å²) in [6.07, 6.45) is 4.20. The minimum atomic E-state index is -10.1. The van der Waals surface area contributed by atoms with Gasteiger partial charge in [-0.2, -0.15) is 5.26 Å². The zero-order valence-corrected chi connectivity index (χ0v) is 23.1. The zero-order chi connectivity index (χ0) is 30.8. The second kappa shape index (κ2) is 9.23. The molecule has 0 bridgehead atoms. The molecular formula is C27H28F7N5O2S. The van der Waals surface area contributed by atoms with Crippen LogP contribution >= 0.6 is 10.2 Å². The Morgan fingerprint density at radius 2 is 1.76 bits per heavy atom.